The van der Waals surface area contributed by atoms with Gasteiger partial charge in [0.25, 0.3) is 5.54 Å². The number of hydrogen-bond acceptors (Lipinski definition) is 3. The van der Waals surface area contributed by atoms with Crippen LogP contribution in [0.4, 0.5) is 23.7 Å². The highest BCUT2D eigenvalue weighted by atomic mass is 35.5. The quantitative estimate of drug-likeness (QED) is 0.535. The number of carbonyl (C=O) groups excluding carboxylic acids is 2. The molecule has 2 aromatic carbocycles. The van der Waals surface area contributed by atoms with Gasteiger partial charge in [-0.1, -0.05) is 35.9 Å². The Bertz CT molecular complexity index is 1070. The van der Waals surface area contributed by atoms with Gasteiger partial charge in [0.05, 0.1) is 7.11 Å². The number of amides is 2. The molecule has 0 spiro atoms. The van der Waals surface area contributed by atoms with Crippen molar-refractivity contribution in [2.24, 2.45) is 0 Å². The van der Waals surface area contributed by atoms with Crippen LogP contribution in [0.3, 0.4) is 0 Å². The maximum Gasteiger partial charge on any atom is 0.426 e. The summed E-state index contributed by atoms with van der Waals surface area (Å²) in [5.41, 5.74) is -3.43. The molecule has 0 saturated heterocycles. The Morgan fingerprint density at radius 2 is 1.83 bits per heavy atom. The summed E-state index contributed by atoms with van der Waals surface area (Å²) in [6.07, 6.45) is -4.19. The number of carbonyl (C=O) groups is 2. The van der Waals surface area contributed by atoms with E-state index in [-0.39, 0.29) is 16.1 Å². The van der Waals surface area contributed by atoms with E-state index in [4.69, 9.17) is 11.6 Å². The van der Waals surface area contributed by atoms with Crippen molar-refractivity contribution in [2.75, 3.05) is 12.4 Å². The van der Waals surface area contributed by atoms with Crippen LogP contribution < -0.4 is 10.6 Å². The zero-order valence-corrected chi connectivity index (χ0v) is 15.7. The molecule has 0 radical (unpaired) electrons. The van der Waals surface area contributed by atoms with Crippen LogP contribution in [-0.4, -0.2) is 30.3 Å². The summed E-state index contributed by atoms with van der Waals surface area (Å²) >= 11 is 5.82. The van der Waals surface area contributed by atoms with Gasteiger partial charge in [0.2, 0.25) is 0 Å². The zero-order chi connectivity index (χ0) is 21.2. The van der Waals surface area contributed by atoms with E-state index in [1.54, 1.807) is 17.4 Å². The lowest BCUT2D eigenvalue weighted by atomic mass is 9.88. The van der Waals surface area contributed by atoms with Gasteiger partial charge in [-0.05, 0) is 24.3 Å². The van der Waals surface area contributed by atoms with Crippen LogP contribution in [0, 0.1) is 0 Å². The van der Waals surface area contributed by atoms with Crippen molar-refractivity contribution in [1.29, 1.82) is 0 Å². The topological polar surface area (TPSA) is 83.2 Å². The number of hydrogen-bond donors (Lipinski definition) is 3. The average Bonchev–Trinajstić information content (AvgIpc) is 3.09. The van der Waals surface area contributed by atoms with Crippen LogP contribution in [0.2, 0.25) is 5.02 Å². The van der Waals surface area contributed by atoms with Gasteiger partial charge >= 0.3 is 18.2 Å². The highest BCUT2D eigenvalue weighted by Crippen LogP contribution is 2.43. The second-order valence-corrected chi connectivity index (χ2v) is 6.51. The number of urea groups is 1. The van der Waals surface area contributed by atoms with E-state index >= 15 is 0 Å². The van der Waals surface area contributed by atoms with Gasteiger partial charge in [-0.2, -0.15) is 13.2 Å². The maximum atomic E-state index is 14.3. The molecule has 0 unspecified atom stereocenters. The molecule has 0 fully saturated rings. The first-order valence-electron chi connectivity index (χ1n) is 8.25. The molecule has 0 aliphatic carbocycles. The molecule has 1 heterocycles. The van der Waals surface area contributed by atoms with Crippen molar-refractivity contribution in [1.82, 2.24) is 10.3 Å². The molecule has 6 nitrogen and oxygen atoms in total. The Morgan fingerprint density at radius 1 is 1.10 bits per heavy atom. The fraction of sp³-hybridized carbons (Fsp3) is 0.158. The summed E-state index contributed by atoms with van der Waals surface area (Å²) in [5, 5.41) is 4.40. The third kappa shape index (κ3) is 3.73. The molecular formula is C19H15ClF3N3O3. The minimum atomic E-state index is -5.21. The summed E-state index contributed by atoms with van der Waals surface area (Å²) < 4.78 is 47.3. The van der Waals surface area contributed by atoms with Gasteiger partial charge in [-0.25, -0.2) is 9.59 Å². The number of aromatic amines is 1. The maximum absolute atomic E-state index is 14.3. The molecule has 3 aromatic rings. The van der Waals surface area contributed by atoms with Crippen molar-refractivity contribution in [3.63, 3.8) is 0 Å². The number of rotatable bonds is 4. The van der Waals surface area contributed by atoms with Crippen LogP contribution in [0.1, 0.15) is 5.56 Å². The lowest BCUT2D eigenvalue weighted by Gasteiger charge is -2.33. The lowest BCUT2D eigenvalue weighted by molar-refractivity contribution is -0.212. The van der Waals surface area contributed by atoms with Crippen molar-refractivity contribution in [3.8, 4) is 0 Å². The second-order valence-electron chi connectivity index (χ2n) is 6.08. The van der Waals surface area contributed by atoms with E-state index in [9.17, 15) is 22.8 Å². The van der Waals surface area contributed by atoms with Gasteiger partial charge in [0, 0.05) is 33.4 Å². The number of alkyl halides is 3. The molecule has 3 N–H and O–H groups in total. The van der Waals surface area contributed by atoms with E-state index in [1.807, 2.05) is 0 Å². The monoisotopic (exact) mass is 425 g/mol. The molecule has 1 atom stereocenters. The Labute approximate surface area is 168 Å². The largest absolute Gasteiger partial charge is 0.467 e. The molecule has 29 heavy (non-hydrogen) atoms. The van der Waals surface area contributed by atoms with E-state index < -0.39 is 29.3 Å². The van der Waals surface area contributed by atoms with Crippen LogP contribution in [-0.2, 0) is 15.1 Å². The summed E-state index contributed by atoms with van der Waals surface area (Å²) in [4.78, 5) is 27.6. The van der Waals surface area contributed by atoms with Gasteiger partial charge in [0.1, 0.15) is 0 Å². The summed E-state index contributed by atoms with van der Waals surface area (Å²) in [5.74, 6) is -1.68. The molecular weight excluding hydrogens is 411 g/mol. The number of esters is 1. The first-order chi connectivity index (χ1) is 13.7. The molecule has 0 saturated carbocycles. The molecule has 1 aromatic heterocycles. The van der Waals surface area contributed by atoms with Gasteiger partial charge in [-0.3, -0.25) is 0 Å². The van der Waals surface area contributed by atoms with Crippen molar-refractivity contribution < 1.29 is 27.5 Å². The van der Waals surface area contributed by atoms with Gasteiger partial charge in [0.15, 0.2) is 0 Å². The zero-order valence-electron chi connectivity index (χ0n) is 14.9. The predicted molar refractivity (Wildman–Crippen MR) is 102 cm³/mol. The first kappa shape index (κ1) is 20.5. The predicted octanol–water partition coefficient (Wildman–Crippen LogP) is 4.57. The molecule has 2 amide bonds. The summed E-state index contributed by atoms with van der Waals surface area (Å²) in [7, 11) is 0.814. The normalized spacial score (nSPS) is 13.6. The molecule has 0 aliphatic heterocycles. The van der Waals surface area contributed by atoms with Gasteiger partial charge in [-0.15, -0.1) is 0 Å². The van der Waals surface area contributed by atoms with Crippen LogP contribution in [0.25, 0.3) is 10.9 Å². The molecule has 10 heteroatoms. The number of para-hydroxylation sites is 1. The standard InChI is InChI=1S/C19H15ClF3N3O3/c1-29-16(27)18(19(21,22)23,14-10-24-15-8-3-2-7-13(14)15)26-17(28)25-12-6-4-5-11(20)9-12/h2-10,24H,1H3,(H2,25,26,28)/t18-/m0/s1. The number of ether oxygens (including phenoxy) is 1. The molecule has 0 aliphatic rings. The van der Waals surface area contributed by atoms with Crippen LogP contribution >= 0.6 is 11.6 Å². The summed E-state index contributed by atoms with van der Waals surface area (Å²) in [6.45, 7) is 0. The fourth-order valence-electron chi connectivity index (χ4n) is 3.00. The minimum Gasteiger partial charge on any atom is -0.467 e. The Balaban J connectivity index is 2.10. The van der Waals surface area contributed by atoms with Gasteiger partial charge < -0.3 is 20.4 Å². The van der Waals surface area contributed by atoms with E-state index in [0.29, 0.717) is 5.52 Å². The number of anilines is 1. The van der Waals surface area contributed by atoms with Crippen molar-refractivity contribution >= 4 is 40.2 Å². The fourth-order valence-corrected chi connectivity index (χ4v) is 3.19. The number of fused-ring (bicyclic) bond motifs is 1. The van der Waals surface area contributed by atoms with E-state index in [0.717, 1.165) is 13.3 Å². The SMILES string of the molecule is COC(=O)[C@@](NC(=O)Nc1cccc(Cl)c1)(c1c[nH]c2ccccc12)C(F)(F)F. The third-order valence-corrected chi connectivity index (χ3v) is 4.53. The Morgan fingerprint density at radius 3 is 2.48 bits per heavy atom. The number of methoxy groups -OCH3 is 1. The number of halogens is 4. The van der Waals surface area contributed by atoms with E-state index in [2.05, 4.69) is 15.0 Å². The number of H-pyrrole nitrogens is 1. The third-order valence-electron chi connectivity index (χ3n) is 4.29. The minimum absolute atomic E-state index is 0.110. The number of aromatic nitrogens is 1. The highest BCUT2D eigenvalue weighted by molar-refractivity contribution is 6.30. The van der Waals surface area contributed by atoms with Crippen LogP contribution in [0.15, 0.2) is 54.7 Å². The molecule has 3 rings (SSSR count). The van der Waals surface area contributed by atoms with Crippen molar-refractivity contribution in [2.45, 2.75) is 11.7 Å². The second kappa shape index (κ2) is 7.67. The molecule has 0 bridgehead atoms. The summed E-state index contributed by atoms with van der Waals surface area (Å²) in [6, 6.07) is 10.6. The lowest BCUT2D eigenvalue weighted by Crippen LogP contribution is -2.62. The highest BCUT2D eigenvalue weighted by Gasteiger charge is 2.65. The Hall–Kier alpha value is -3.20. The molecule has 152 valence electrons. The first-order valence-corrected chi connectivity index (χ1v) is 8.63. The average molecular weight is 426 g/mol. The number of nitrogens with one attached hydrogen (secondary N) is 3. The van der Waals surface area contributed by atoms with Crippen LogP contribution in [0.5, 0.6) is 0 Å². The Kier molecular flexibility index (Phi) is 5.43. The smallest absolute Gasteiger partial charge is 0.426 e. The number of benzene rings is 2. The van der Waals surface area contributed by atoms with E-state index in [1.165, 1.54) is 36.4 Å². The van der Waals surface area contributed by atoms with Crippen molar-refractivity contribution in [3.05, 3.63) is 65.3 Å².